The Labute approximate surface area is 195 Å². The van der Waals surface area contributed by atoms with Gasteiger partial charge >= 0.3 is 6.11 Å². The molecule has 2 heterocycles. The summed E-state index contributed by atoms with van der Waals surface area (Å²) in [5.74, 6) is 6.65. The van der Waals surface area contributed by atoms with Crippen LogP contribution in [0.25, 0.3) is 11.1 Å². The van der Waals surface area contributed by atoms with E-state index in [1.165, 1.54) is 0 Å². The van der Waals surface area contributed by atoms with Gasteiger partial charge in [-0.2, -0.15) is 8.78 Å². The number of imidazole rings is 1. The molecule has 178 valence electrons. The van der Waals surface area contributed by atoms with Gasteiger partial charge in [0.2, 0.25) is 6.10 Å². The second kappa shape index (κ2) is 9.91. The van der Waals surface area contributed by atoms with Crippen molar-refractivity contribution in [3.63, 3.8) is 0 Å². The highest BCUT2D eigenvalue weighted by atomic mass is 19.3. The van der Waals surface area contributed by atoms with Crippen molar-refractivity contribution in [2.24, 2.45) is 0 Å². The van der Waals surface area contributed by atoms with E-state index in [-0.39, 0.29) is 12.4 Å². The van der Waals surface area contributed by atoms with Crippen LogP contribution in [0.5, 0.6) is 5.75 Å². The first-order chi connectivity index (χ1) is 16.3. The maximum atomic E-state index is 13.6. The summed E-state index contributed by atoms with van der Waals surface area (Å²) in [6.45, 7) is 0.888. The molecule has 0 bridgehead atoms. The van der Waals surface area contributed by atoms with Gasteiger partial charge in [0.15, 0.2) is 0 Å². The van der Waals surface area contributed by atoms with E-state index in [0.29, 0.717) is 5.82 Å². The first-order valence-corrected chi connectivity index (χ1v) is 10.7. The van der Waals surface area contributed by atoms with Crippen molar-refractivity contribution in [3.8, 4) is 28.7 Å². The molecule has 1 fully saturated rings. The number of alkyl halides is 2. The van der Waals surface area contributed by atoms with E-state index in [9.17, 15) is 24.1 Å². The van der Waals surface area contributed by atoms with Crippen molar-refractivity contribution in [2.45, 2.75) is 37.4 Å². The number of hydrogen-bond acceptors (Lipinski definition) is 6. The van der Waals surface area contributed by atoms with Gasteiger partial charge in [0.25, 0.3) is 0 Å². The predicted molar refractivity (Wildman–Crippen MR) is 119 cm³/mol. The largest absolute Gasteiger partial charge is 0.478 e. The Kier molecular flexibility index (Phi) is 6.95. The van der Waals surface area contributed by atoms with Gasteiger partial charge in [-0.3, -0.25) is 0 Å². The van der Waals surface area contributed by atoms with Crippen LogP contribution in [0, 0.1) is 11.8 Å². The zero-order valence-electron chi connectivity index (χ0n) is 18.3. The molecule has 0 saturated carbocycles. The first kappa shape index (κ1) is 23.9. The number of hydrogen-bond donors (Lipinski definition) is 3. The Balaban J connectivity index is 1.44. The van der Waals surface area contributed by atoms with Crippen LogP contribution in [0.2, 0.25) is 0 Å². The van der Waals surface area contributed by atoms with Gasteiger partial charge < -0.3 is 29.4 Å². The van der Waals surface area contributed by atoms with E-state index in [2.05, 4.69) is 21.6 Å². The highest BCUT2D eigenvalue weighted by Gasteiger charge is 2.53. The first-order valence-electron chi connectivity index (χ1n) is 10.7. The molecule has 0 radical (unpaired) electrons. The molecule has 3 N–H and O–H groups in total. The van der Waals surface area contributed by atoms with Gasteiger partial charge in [-0.15, -0.1) is 0 Å². The monoisotopic (exact) mass is 470 g/mol. The molecule has 1 unspecified atom stereocenters. The van der Waals surface area contributed by atoms with E-state index in [1.54, 1.807) is 48.1 Å². The van der Waals surface area contributed by atoms with Crippen molar-refractivity contribution in [3.05, 3.63) is 72.3 Å². The topological polar surface area (TPSA) is 97.0 Å². The van der Waals surface area contributed by atoms with E-state index in [1.807, 2.05) is 24.3 Å². The van der Waals surface area contributed by atoms with E-state index in [4.69, 9.17) is 4.74 Å². The minimum atomic E-state index is -3.54. The Hall–Kier alpha value is -3.29. The number of aliphatic hydroxyl groups excluding tert-OH is 3. The summed E-state index contributed by atoms with van der Waals surface area (Å²) in [5.41, 5.74) is 2.46. The minimum absolute atomic E-state index is 0.201. The lowest BCUT2D eigenvalue weighted by Crippen LogP contribution is -2.40. The fraction of sp³-hybridized carbons (Fsp3) is 0.320. The van der Waals surface area contributed by atoms with Crippen LogP contribution in [0.3, 0.4) is 0 Å². The summed E-state index contributed by atoms with van der Waals surface area (Å²) in [4.78, 5) is 4.10. The Morgan fingerprint density at radius 3 is 2.38 bits per heavy atom. The van der Waals surface area contributed by atoms with Crippen molar-refractivity contribution in [1.29, 1.82) is 0 Å². The highest BCUT2D eigenvalue weighted by molar-refractivity contribution is 5.65. The fourth-order valence-electron chi connectivity index (χ4n) is 3.64. The number of aliphatic hydroxyl groups is 3. The average molecular weight is 470 g/mol. The molecule has 34 heavy (non-hydrogen) atoms. The normalized spacial score (nSPS) is 20.9. The summed E-state index contributed by atoms with van der Waals surface area (Å²) < 4.78 is 38.5. The molecule has 1 saturated heterocycles. The smallest absolute Gasteiger partial charge is 0.395 e. The lowest BCUT2D eigenvalue weighted by Gasteiger charge is -2.20. The molecule has 1 aliphatic heterocycles. The fourth-order valence-corrected chi connectivity index (χ4v) is 3.64. The zero-order valence-corrected chi connectivity index (χ0v) is 18.3. The lowest BCUT2D eigenvalue weighted by molar-refractivity contribution is -0.243. The van der Waals surface area contributed by atoms with Crippen molar-refractivity contribution in [2.75, 3.05) is 13.2 Å². The van der Waals surface area contributed by atoms with Crippen LogP contribution in [0.1, 0.15) is 30.5 Å². The maximum absolute atomic E-state index is 13.6. The molecule has 0 aliphatic carbocycles. The summed E-state index contributed by atoms with van der Waals surface area (Å²) in [5, 5.41) is 29.2. The van der Waals surface area contributed by atoms with Gasteiger partial charge in [-0.1, -0.05) is 36.1 Å². The SMILES string of the molecule is C[C@H](O)c1nccn1[C@@H](C#Cc1ccc(-c2ccc(OC3[C@H](O)COC3(F)F)cc2)cc1)CO. The molecule has 3 aromatic rings. The minimum Gasteiger partial charge on any atom is -0.478 e. The second-order valence-corrected chi connectivity index (χ2v) is 7.92. The number of nitrogens with zero attached hydrogens (tertiary/aromatic N) is 2. The van der Waals surface area contributed by atoms with Gasteiger partial charge in [0.05, 0.1) is 13.2 Å². The standard InChI is InChI=1S/C25H24F2N2O5/c1-16(31)24-28-12-13-29(24)20(14-30)9-4-17-2-5-18(6-3-17)19-7-10-21(11-8-19)34-23-22(32)15-33-25(23,26)27/h2-3,5-8,10-13,16,20,22-23,30-32H,14-15H2,1H3/t16-,20-,22+,23?/m0/s1. The average Bonchev–Trinajstić information content (AvgIpc) is 3.41. The third kappa shape index (κ3) is 5.11. The molecule has 1 aromatic heterocycles. The lowest BCUT2D eigenvalue weighted by atomic mass is 10.0. The molecular weight excluding hydrogens is 446 g/mol. The molecule has 4 rings (SSSR count). The van der Waals surface area contributed by atoms with Crippen LogP contribution in [-0.2, 0) is 4.74 Å². The number of rotatable bonds is 6. The summed E-state index contributed by atoms with van der Waals surface area (Å²) in [7, 11) is 0. The highest BCUT2D eigenvalue weighted by Crippen LogP contribution is 2.33. The molecule has 7 nitrogen and oxygen atoms in total. The molecule has 1 aliphatic rings. The Morgan fingerprint density at radius 2 is 1.82 bits per heavy atom. The quantitative estimate of drug-likeness (QED) is 0.480. The zero-order chi connectivity index (χ0) is 24.3. The van der Waals surface area contributed by atoms with Gasteiger partial charge in [0, 0.05) is 18.0 Å². The van der Waals surface area contributed by atoms with Crippen LogP contribution in [0.4, 0.5) is 8.78 Å². The van der Waals surface area contributed by atoms with Crippen LogP contribution in [-0.4, -0.2) is 56.4 Å². The Morgan fingerprint density at radius 1 is 1.18 bits per heavy atom. The summed E-state index contributed by atoms with van der Waals surface area (Å²) >= 11 is 0. The van der Waals surface area contributed by atoms with Gasteiger partial charge in [0.1, 0.15) is 29.8 Å². The van der Waals surface area contributed by atoms with E-state index in [0.717, 1.165) is 16.7 Å². The van der Waals surface area contributed by atoms with Crippen LogP contribution >= 0.6 is 0 Å². The second-order valence-electron chi connectivity index (χ2n) is 7.92. The molecule has 2 aromatic carbocycles. The number of aromatic nitrogens is 2. The summed E-state index contributed by atoms with van der Waals surface area (Å²) in [6.07, 6.45) is -4.27. The number of benzene rings is 2. The summed E-state index contributed by atoms with van der Waals surface area (Å²) in [6, 6.07) is 13.4. The van der Waals surface area contributed by atoms with Gasteiger partial charge in [-0.05, 0) is 42.3 Å². The molecular formula is C25H24F2N2O5. The van der Waals surface area contributed by atoms with Crippen molar-refractivity contribution in [1.82, 2.24) is 9.55 Å². The third-order valence-corrected chi connectivity index (χ3v) is 5.43. The third-order valence-electron chi connectivity index (χ3n) is 5.43. The van der Waals surface area contributed by atoms with Crippen molar-refractivity contribution >= 4 is 0 Å². The Bertz CT molecular complexity index is 1170. The van der Waals surface area contributed by atoms with Crippen LogP contribution in [0.15, 0.2) is 60.9 Å². The van der Waals surface area contributed by atoms with Gasteiger partial charge in [-0.25, -0.2) is 4.98 Å². The number of ether oxygens (including phenoxy) is 2. The van der Waals surface area contributed by atoms with E-state index < -0.39 is 37.1 Å². The maximum Gasteiger partial charge on any atom is 0.395 e. The predicted octanol–water partition coefficient (Wildman–Crippen LogP) is 2.92. The molecule has 0 spiro atoms. The molecule has 9 heteroatoms. The van der Waals surface area contributed by atoms with E-state index >= 15 is 0 Å². The number of halogens is 2. The molecule has 4 atom stereocenters. The van der Waals surface area contributed by atoms with Crippen LogP contribution < -0.4 is 4.74 Å². The van der Waals surface area contributed by atoms with Crippen molar-refractivity contribution < 1.29 is 33.6 Å². The molecule has 0 amide bonds.